The summed E-state index contributed by atoms with van der Waals surface area (Å²) in [4.78, 5) is 12.0. The van der Waals surface area contributed by atoms with Crippen LogP contribution in [0.3, 0.4) is 0 Å². The normalized spacial score (nSPS) is 10.5. The zero-order chi connectivity index (χ0) is 16.8. The second-order valence-electron chi connectivity index (χ2n) is 5.84. The quantitative estimate of drug-likeness (QED) is 0.843. The minimum absolute atomic E-state index is 0.0802. The van der Waals surface area contributed by atoms with Crippen LogP contribution in [0.15, 0.2) is 42.5 Å². The second kappa shape index (κ2) is 7.68. The number of hydrogen-bond acceptors (Lipinski definition) is 3. The molecule has 0 heterocycles. The van der Waals surface area contributed by atoms with Gasteiger partial charge in [-0.05, 0) is 69.2 Å². The van der Waals surface area contributed by atoms with Crippen LogP contribution in [0, 0.1) is 13.8 Å². The standard InChI is InChI=1S/C19H24N2O2/c1-13(2)23-17-10-8-16(9-11-17)21-19(22)12-20-18-7-5-6-14(3)15(18)4/h5-11,13,20H,12H2,1-4H3,(H,21,22). The van der Waals surface area contributed by atoms with Crippen LogP contribution in [-0.4, -0.2) is 18.6 Å². The molecule has 0 unspecified atom stereocenters. The molecule has 0 aliphatic rings. The van der Waals surface area contributed by atoms with Crippen molar-refractivity contribution in [1.82, 2.24) is 0 Å². The molecule has 0 saturated carbocycles. The summed E-state index contributed by atoms with van der Waals surface area (Å²) in [5.41, 5.74) is 4.11. The summed E-state index contributed by atoms with van der Waals surface area (Å²) in [6, 6.07) is 13.4. The van der Waals surface area contributed by atoms with E-state index < -0.39 is 0 Å². The third-order valence-corrected chi connectivity index (χ3v) is 3.55. The van der Waals surface area contributed by atoms with Crippen LogP contribution in [0.4, 0.5) is 11.4 Å². The molecule has 2 rings (SSSR count). The molecule has 4 heteroatoms. The van der Waals surface area contributed by atoms with Crippen molar-refractivity contribution in [3.8, 4) is 5.75 Å². The Hall–Kier alpha value is -2.49. The summed E-state index contributed by atoms with van der Waals surface area (Å²) in [7, 11) is 0. The molecule has 4 nitrogen and oxygen atoms in total. The monoisotopic (exact) mass is 312 g/mol. The Morgan fingerprint density at radius 2 is 1.78 bits per heavy atom. The first-order valence-corrected chi connectivity index (χ1v) is 7.82. The molecule has 0 radical (unpaired) electrons. The highest BCUT2D eigenvalue weighted by Gasteiger charge is 2.05. The Morgan fingerprint density at radius 3 is 2.43 bits per heavy atom. The van der Waals surface area contributed by atoms with E-state index in [4.69, 9.17) is 4.74 Å². The lowest BCUT2D eigenvalue weighted by atomic mass is 10.1. The van der Waals surface area contributed by atoms with E-state index in [0.717, 1.165) is 22.7 Å². The average Bonchev–Trinajstić information content (AvgIpc) is 2.50. The van der Waals surface area contributed by atoms with Crippen LogP contribution in [0.5, 0.6) is 5.75 Å². The number of nitrogens with one attached hydrogen (secondary N) is 2. The first-order valence-electron chi connectivity index (χ1n) is 7.82. The van der Waals surface area contributed by atoms with Gasteiger partial charge in [-0.3, -0.25) is 4.79 Å². The maximum absolute atomic E-state index is 12.0. The van der Waals surface area contributed by atoms with Crippen LogP contribution >= 0.6 is 0 Å². The van der Waals surface area contributed by atoms with Crippen molar-refractivity contribution in [2.75, 3.05) is 17.2 Å². The summed E-state index contributed by atoms with van der Waals surface area (Å²) in [6.07, 6.45) is 0.136. The number of rotatable bonds is 6. The molecule has 0 bridgehead atoms. The van der Waals surface area contributed by atoms with Gasteiger partial charge in [-0.25, -0.2) is 0 Å². The molecule has 0 aliphatic carbocycles. The molecule has 0 saturated heterocycles. The van der Waals surface area contributed by atoms with Crippen molar-refractivity contribution in [1.29, 1.82) is 0 Å². The van der Waals surface area contributed by atoms with Crippen molar-refractivity contribution in [2.45, 2.75) is 33.8 Å². The highest BCUT2D eigenvalue weighted by atomic mass is 16.5. The van der Waals surface area contributed by atoms with Gasteiger partial charge in [0.25, 0.3) is 0 Å². The van der Waals surface area contributed by atoms with Crippen LogP contribution in [0.1, 0.15) is 25.0 Å². The maximum atomic E-state index is 12.0. The average molecular weight is 312 g/mol. The topological polar surface area (TPSA) is 50.4 Å². The number of carbonyl (C=O) groups is 1. The predicted molar refractivity (Wildman–Crippen MR) is 95.2 cm³/mol. The Labute approximate surface area is 137 Å². The third-order valence-electron chi connectivity index (χ3n) is 3.55. The van der Waals surface area contributed by atoms with Gasteiger partial charge in [-0.1, -0.05) is 12.1 Å². The number of ether oxygens (including phenoxy) is 1. The molecule has 122 valence electrons. The molecule has 0 atom stereocenters. The van der Waals surface area contributed by atoms with E-state index >= 15 is 0 Å². The zero-order valence-corrected chi connectivity index (χ0v) is 14.1. The minimum Gasteiger partial charge on any atom is -0.491 e. The summed E-state index contributed by atoms with van der Waals surface area (Å²) in [5.74, 6) is 0.718. The summed E-state index contributed by atoms with van der Waals surface area (Å²) in [6.45, 7) is 8.29. The van der Waals surface area contributed by atoms with Crippen molar-refractivity contribution in [2.24, 2.45) is 0 Å². The molecule has 2 aromatic rings. The van der Waals surface area contributed by atoms with Gasteiger partial charge in [0.2, 0.25) is 5.91 Å². The van der Waals surface area contributed by atoms with E-state index in [1.54, 1.807) is 0 Å². The minimum atomic E-state index is -0.0802. The van der Waals surface area contributed by atoms with Gasteiger partial charge in [0.15, 0.2) is 0 Å². The number of aryl methyl sites for hydroxylation is 1. The molecular formula is C19H24N2O2. The van der Waals surface area contributed by atoms with Crippen LogP contribution in [0.2, 0.25) is 0 Å². The fraction of sp³-hybridized carbons (Fsp3) is 0.316. The van der Waals surface area contributed by atoms with Gasteiger partial charge < -0.3 is 15.4 Å². The Morgan fingerprint density at radius 1 is 1.09 bits per heavy atom. The highest BCUT2D eigenvalue weighted by molar-refractivity contribution is 5.93. The van der Waals surface area contributed by atoms with Gasteiger partial charge in [0.05, 0.1) is 12.6 Å². The van der Waals surface area contributed by atoms with Crippen molar-refractivity contribution in [3.05, 3.63) is 53.6 Å². The highest BCUT2D eigenvalue weighted by Crippen LogP contribution is 2.18. The lowest BCUT2D eigenvalue weighted by Crippen LogP contribution is -2.22. The molecule has 0 fully saturated rings. The Bertz CT molecular complexity index is 664. The first-order chi connectivity index (χ1) is 11.0. The van der Waals surface area contributed by atoms with Crippen molar-refractivity contribution in [3.63, 3.8) is 0 Å². The van der Waals surface area contributed by atoms with Gasteiger partial charge in [-0.15, -0.1) is 0 Å². The molecule has 0 aromatic heterocycles. The number of hydrogen-bond donors (Lipinski definition) is 2. The summed E-state index contributed by atoms with van der Waals surface area (Å²) >= 11 is 0. The lowest BCUT2D eigenvalue weighted by Gasteiger charge is -2.12. The fourth-order valence-electron chi connectivity index (χ4n) is 2.21. The lowest BCUT2D eigenvalue weighted by molar-refractivity contribution is -0.114. The van der Waals surface area contributed by atoms with Crippen LogP contribution in [-0.2, 0) is 4.79 Å². The molecule has 2 aromatic carbocycles. The van der Waals surface area contributed by atoms with Crippen molar-refractivity contribution < 1.29 is 9.53 Å². The zero-order valence-electron chi connectivity index (χ0n) is 14.1. The number of anilines is 2. The van der Waals surface area contributed by atoms with Gasteiger partial charge in [0.1, 0.15) is 5.75 Å². The summed E-state index contributed by atoms with van der Waals surface area (Å²) in [5, 5.41) is 6.04. The number of benzene rings is 2. The van der Waals surface area contributed by atoms with Crippen molar-refractivity contribution >= 4 is 17.3 Å². The molecular weight excluding hydrogens is 288 g/mol. The molecule has 0 aliphatic heterocycles. The second-order valence-corrected chi connectivity index (χ2v) is 5.84. The van der Waals surface area contributed by atoms with E-state index in [0.29, 0.717) is 0 Å². The Kier molecular flexibility index (Phi) is 5.63. The van der Waals surface area contributed by atoms with Crippen LogP contribution in [0.25, 0.3) is 0 Å². The summed E-state index contributed by atoms with van der Waals surface area (Å²) < 4.78 is 5.58. The predicted octanol–water partition coefficient (Wildman–Crippen LogP) is 4.14. The maximum Gasteiger partial charge on any atom is 0.243 e. The smallest absolute Gasteiger partial charge is 0.243 e. The van der Waals surface area contributed by atoms with E-state index in [1.165, 1.54) is 5.56 Å². The Balaban J connectivity index is 1.88. The third kappa shape index (κ3) is 5.02. The first kappa shape index (κ1) is 16.9. The molecule has 0 spiro atoms. The van der Waals surface area contributed by atoms with Gasteiger partial charge >= 0.3 is 0 Å². The number of carbonyl (C=O) groups excluding carboxylic acids is 1. The van der Waals surface area contributed by atoms with E-state index in [1.807, 2.05) is 57.2 Å². The van der Waals surface area contributed by atoms with E-state index in [-0.39, 0.29) is 18.6 Å². The molecule has 23 heavy (non-hydrogen) atoms. The number of amides is 1. The van der Waals surface area contributed by atoms with E-state index in [9.17, 15) is 4.79 Å². The molecule has 1 amide bonds. The van der Waals surface area contributed by atoms with Crippen LogP contribution < -0.4 is 15.4 Å². The van der Waals surface area contributed by atoms with Gasteiger partial charge in [0, 0.05) is 11.4 Å². The SMILES string of the molecule is Cc1cccc(NCC(=O)Nc2ccc(OC(C)C)cc2)c1C. The largest absolute Gasteiger partial charge is 0.491 e. The fourth-order valence-corrected chi connectivity index (χ4v) is 2.21. The van der Waals surface area contributed by atoms with E-state index in [2.05, 4.69) is 23.6 Å². The molecule has 2 N–H and O–H groups in total. The van der Waals surface area contributed by atoms with Gasteiger partial charge in [-0.2, -0.15) is 0 Å².